The zero-order valence-electron chi connectivity index (χ0n) is 11.0. The highest BCUT2D eigenvalue weighted by Gasteiger charge is 2.18. The summed E-state index contributed by atoms with van der Waals surface area (Å²) in [5.74, 6) is 1.52. The Morgan fingerprint density at radius 1 is 1.53 bits per heavy atom. The fraction of sp³-hybridized carbons (Fsp3) is 0.727. The van der Waals surface area contributed by atoms with Crippen molar-refractivity contribution in [1.82, 2.24) is 14.8 Å². The number of carbonyl (C=O) groups is 1. The van der Waals surface area contributed by atoms with Gasteiger partial charge in [0, 0.05) is 13.0 Å². The monoisotopic (exact) mass is 256 g/mol. The van der Waals surface area contributed by atoms with Gasteiger partial charge >= 0.3 is 0 Å². The molecule has 6 heteroatoms. The van der Waals surface area contributed by atoms with E-state index in [-0.39, 0.29) is 17.1 Å². The molecule has 1 N–H and O–H groups in total. The largest absolute Gasteiger partial charge is 0.294 e. The van der Waals surface area contributed by atoms with Gasteiger partial charge in [0.2, 0.25) is 11.9 Å². The number of thioether (sulfide) groups is 1. The number of anilines is 1. The van der Waals surface area contributed by atoms with Crippen LogP contribution in [0.25, 0.3) is 0 Å². The molecule has 1 aromatic rings. The molecule has 0 bridgehead atoms. The summed E-state index contributed by atoms with van der Waals surface area (Å²) in [6.07, 6.45) is 2.74. The second-order valence-electron chi connectivity index (χ2n) is 4.19. The van der Waals surface area contributed by atoms with E-state index in [9.17, 15) is 4.79 Å². The average Bonchev–Trinajstić information content (AvgIpc) is 2.62. The third-order valence-corrected chi connectivity index (χ3v) is 3.60. The van der Waals surface area contributed by atoms with Crippen molar-refractivity contribution in [2.24, 2.45) is 7.05 Å². The SMILES string of the molecule is CC[C@H](SC)C(=O)Nc1nc(C(C)C)nn1C. The summed E-state index contributed by atoms with van der Waals surface area (Å²) in [6, 6.07) is 0. The summed E-state index contributed by atoms with van der Waals surface area (Å²) >= 11 is 1.55. The van der Waals surface area contributed by atoms with Crippen LogP contribution in [0.2, 0.25) is 0 Å². The minimum absolute atomic E-state index is 0.00851. The van der Waals surface area contributed by atoms with Crippen LogP contribution in [-0.2, 0) is 11.8 Å². The summed E-state index contributed by atoms with van der Waals surface area (Å²) < 4.78 is 1.61. The van der Waals surface area contributed by atoms with E-state index < -0.39 is 0 Å². The van der Waals surface area contributed by atoms with Gasteiger partial charge < -0.3 is 0 Å². The van der Waals surface area contributed by atoms with Crippen molar-refractivity contribution in [3.05, 3.63) is 5.82 Å². The Hall–Kier alpha value is -1.04. The van der Waals surface area contributed by atoms with Crippen LogP contribution < -0.4 is 5.32 Å². The Balaban J connectivity index is 2.77. The highest BCUT2D eigenvalue weighted by atomic mass is 32.2. The molecule has 1 rings (SSSR count). The van der Waals surface area contributed by atoms with Crippen molar-refractivity contribution in [2.45, 2.75) is 38.4 Å². The predicted molar refractivity (Wildman–Crippen MR) is 71.3 cm³/mol. The number of nitrogens with one attached hydrogen (secondary N) is 1. The molecule has 0 aliphatic carbocycles. The van der Waals surface area contributed by atoms with E-state index >= 15 is 0 Å². The fourth-order valence-corrected chi connectivity index (χ4v) is 2.01. The van der Waals surface area contributed by atoms with Crippen LogP contribution >= 0.6 is 11.8 Å². The van der Waals surface area contributed by atoms with Crippen LogP contribution in [0, 0.1) is 0 Å². The standard InChI is InChI=1S/C11H20N4OS/c1-6-8(17-5)10(16)13-11-12-9(7(2)3)14-15(11)4/h7-8H,6H2,1-5H3,(H,12,13,14,16)/t8-/m0/s1. The van der Waals surface area contributed by atoms with Crippen LogP contribution in [0.5, 0.6) is 0 Å². The summed E-state index contributed by atoms with van der Waals surface area (Å²) in [5, 5.41) is 7.04. The van der Waals surface area contributed by atoms with E-state index in [1.807, 2.05) is 27.0 Å². The van der Waals surface area contributed by atoms with Crippen molar-refractivity contribution in [2.75, 3.05) is 11.6 Å². The molecule has 5 nitrogen and oxygen atoms in total. The number of hydrogen-bond donors (Lipinski definition) is 1. The van der Waals surface area contributed by atoms with Crippen molar-refractivity contribution in [3.8, 4) is 0 Å². The van der Waals surface area contributed by atoms with Crippen LogP contribution in [0.15, 0.2) is 0 Å². The lowest BCUT2D eigenvalue weighted by atomic mass is 10.2. The van der Waals surface area contributed by atoms with E-state index in [0.717, 1.165) is 12.2 Å². The maximum absolute atomic E-state index is 11.9. The molecule has 1 atom stereocenters. The molecule has 1 heterocycles. The molecule has 17 heavy (non-hydrogen) atoms. The molecular weight excluding hydrogens is 236 g/mol. The van der Waals surface area contributed by atoms with Gasteiger partial charge in [-0.25, -0.2) is 4.68 Å². The maximum Gasteiger partial charge on any atom is 0.239 e. The molecule has 0 aliphatic heterocycles. The van der Waals surface area contributed by atoms with Crippen LogP contribution in [0.3, 0.4) is 0 Å². The third kappa shape index (κ3) is 3.46. The summed E-state index contributed by atoms with van der Waals surface area (Å²) in [4.78, 5) is 16.2. The second kappa shape index (κ2) is 6.05. The van der Waals surface area contributed by atoms with Crippen molar-refractivity contribution >= 4 is 23.6 Å². The lowest BCUT2D eigenvalue weighted by Crippen LogP contribution is -2.25. The van der Waals surface area contributed by atoms with Crippen LogP contribution in [0.4, 0.5) is 5.95 Å². The normalized spacial score (nSPS) is 12.8. The Morgan fingerprint density at radius 2 is 2.18 bits per heavy atom. The molecule has 0 saturated carbocycles. The van der Waals surface area contributed by atoms with E-state index in [1.54, 1.807) is 23.5 Å². The summed E-state index contributed by atoms with van der Waals surface area (Å²) in [7, 11) is 1.79. The molecule has 1 amide bonds. The zero-order chi connectivity index (χ0) is 13.0. The summed E-state index contributed by atoms with van der Waals surface area (Å²) in [6.45, 7) is 6.05. The van der Waals surface area contributed by atoms with Gasteiger partial charge in [-0.15, -0.1) is 0 Å². The molecule has 0 saturated heterocycles. The number of aromatic nitrogens is 3. The number of rotatable bonds is 5. The third-order valence-electron chi connectivity index (χ3n) is 2.48. The highest BCUT2D eigenvalue weighted by molar-refractivity contribution is 7.99. The molecular formula is C11H20N4OS. The fourth-order valence-electron chi connectivity index (χ4n) is 1.41. The Labute approximate surface area is 106 Å². The van der Waals surface area contributed by atoms with E-state index in [1.165, 1.54) is 0 Å². The minimum atomic E-state index is -0.0331. The number of hydrogen-bond acceptors (Lipinski definition) is 4. The molecule has 0 spiro atoms. The van der Waals surface area contributed by atoms with Gasteiger partial charge in [-0.2, -0.15) is 21.8 Å². The van der Waals surface area contributed by atoms with Gasteiger partial charge in [-0.1, -0.05) is 20.8 Å². The average molecular weight is 256 g/mol. The number of amides is 1. The predicted octanol–water partition coefficient (Wildman–Crippen LogP) is 2.02. The molecule has 0 unspecified atom stereocenters. The van der Waals surface area contributed by atoms with Gasteiger partial charge in [0.15, 0.2) is 5.82 Å². The van der Waals surface area contributed by atoms with Gasteiger partial charge in [0.05, 0.1) is 5.25 Å². The Bertz CT molecular complexity index is 385. The van der Waals surface area contributed by atoms with Gasteiger partial charge in [0.1, 0.15) is 0 Å². The molecule has 96 valence electrons. The smallest absolute Gasteiger partial charge is 0.239 e. The molecule has 0 fully saturated rings. The van der Waals surface area contributed by atoms with Crippen LogP contribution in [-0.4, -0.2) is 32.2 Å². The number of nitrogens with zero attached hydrogens (tertiary/aromatic N) is 3. The van der Waals surface area contributed by atoms with Gasteiger partial charge in [0.25, 0.3) is 0 Å². The highest BCUT2D eigenvalue weighted by Crippen LogP contribution is 2.15. The van der Waals surface area contributed by atoms with Crippen molar-refractivity contribution in [1.29, 1.82) is 0 Å². The second-order valence-corrected chi connectivity index (χ2v) is 5.23. The molecule has 0 radical (unpaired) electrons. The minimum Gasteiger partial charge on any atom is -0.294 e. The van der Waals surface area contributed by atoms with E-state index in [4.69, 9.17) is 0 Å². The lowest BCUT2D eigenvalue weighted by molar-refractivity contribution is -0.115. The number of aryl methyl sites for hydroxylation is 1. The lowest BCUT2D eigenvalue weighted by Gasteiger charge is -2.10. The first-order valence-electron chi connectivity index (χ1n) is 5.74. The van der Waals surface area contributed by atoms with Crippen molar-refractivity contribution in [3.63, 3.8) is 0 Å². The van der Waals surface area contributed by atoms with E-state index in [2.05, 4.69) is 15.4 Å². The van der Waals surface area contributed by atoms with Crippen molar-refractivity contribution < 1.29 is 4.79 Å². The molecule has 0 aliphatic rings. The first-order chi connectivity index (χ1) is 7.99. The maximum atomic E-state index is 11.9. The quantitative estimate of drug-likeness (QED) is 0.875. The first kappa shape index (κ1) is 14.0. The van der Waals surface area contributed by atoms with Gasteiger partial charge in [-0.05, 0) is 12.7 Å². The molecule has 0 aromatic carbocycles. The van der Waals surface area contributed by atoms with Gasteiger partial charge in [-0.3, -0.25) is 10.1 Å². The molecule has 1 aromatic heterocycles. The van der Waals surface area contributed by atoms with E-state index in [0.29, 0.717) is 5.95 Å². The zero-order valence-corrected chi connectivity index (χ0v) is 11.8. The topological polar surface area (TPSA) is 59.8 Å². The Morgan fingerprint density at radius 3 is 2.59 bits per heavy atom. The first-order valence-corrected chi connectivity index (χ1v) is 7.03. The number of carbonyl (C=O) groups excluding carboxylic acids is 1. The van der Waals surface area contributed by atoms with Crippen LogP contribution in [0.1, 0.15) is 38.9 Å². The Kier molecular flexibility index (Phi) is 4.99. The summed E-state index contributed by atoms with van der Waals surface area (Å²) in [5.41, 5.74) is 0.